The smallest absolute Gasteiger partial charge is 0.164 e. The van der Waals surface area contributed by atoms with Gasteiger partial charge < -0.3 is 19.3 Å². The van der Waals surface area contributed by atoms with Crippen molar-refractivity contribution in [3.63, 3.8) is 0 Å². The number of piperazine rings is 1. The Bertz CT molecular complexity index is 580. The highest BCUT2D eigenvalue weighted by atomic mass is 16.5. The number of benzene rings is 1. The van der Waals surface area contributed by atoms with Crippen molar-refractivity contribution in [2.75, 3.05) is 41.0 Å². The van der Waals surface area contributed by atoms with Crippen LogP contribution in [0, 0.1) is 0 Å². The molecule has 0 aliphatic carbocycles. The SMILES string of the molecule is COc1cc(OC)c(OC)cc1CN1C[C@@H]2C[C@@H](O)CN2C[C@H]1C. The lowest BCUT2D eigenvalue weighted by atomic mass is 10.1. The summed E-state index contributed by atoms with van der Waals surface area (Å²) in [6.07, 6.45) is 0.685. The molecule has 3 atom stereocenters. The van der Waals surface area contributed by atoms with Gasteiger partial charge in [0.1, 0.15) is 5.75 Å². The molecule has 2 aliphatic rings. The van der Waals surface area contributed by atoms with Crippen LogP contribution < -0.4 is 14.2 Å². The van der Waals surface area contributed by atoms with Crippen LogP contribution in [0.5, 0.6) is 17.2 Å². The minimum Gasteiger partial charge on any atom is -0.496 e. The van der Waals surface area contributed by atoms with Crippen molar-refractivity contribution in [3.8, 4) is 17.2 Å². The molecule has 0 aromatic heterocycles. The normalized spacial score (nSPS) is 27.8. The Morgan fingerprint density at radius 1 is 1.00 bits per heavy atom. The molecule has 6 heteroatoms. The van der Waals surface area contributed by atoms with Crippen molar-refractivity contribution in [2.45, 2.75) is 38.1 Å². The maximum Gasteiger partial charge on any atom is 0.164 e. The second-order valence-corrected chi connectivity index (χ2v) is 6.79. The van der Waals surface area contributed by atoms with Gasteiger partial charge in [0.2, 0.25) is 0 Å². The first kappa shape index (κ1) is 17.3. The van der Waals surface area contributed by atoms with Gasteiger partial charge in [0.25, 0.3) is 0 Å². The van der Waals surface area contributed by atoms with Gasteiger partial charge >= 0.3 is 0 Å². The van der Waals surface area contributed by atoms with E-state index >= 15 is 0 Å². The molecular formula is C18H28N2O4. The summed E-state index contributed by atoms with van der Waals surface area (Å²) in [4.78, 5) is 4.88. The maximum absolute atomic E-state index is 9.92. The topological polar surface area (TPSA) is 54.4 Å². The molecule has 2 saturated heterocycles. The molecule has 2 heterocycles. The summed E-state index contributed by atoms with van der Waals surface area (Å²) in [5.74, 6) is 2.21. The number of ether oxygens (including phenoxy) is 3. The van der Waals surface area contributed by atoms with Gasteiger partial charge in [0, 0.05) is 49.9 Å². The minimum atomic E-state index is -0.183. The Morgan fingerprint density at radius 2 is 1.67 bits per heavy atom. The van der Waals surface area contributed by atoms with Gasteiger partial charge in [-0.25, -0.2) is 0 Å². The highest BCUT2D eigenvalue weighted by Gasteiger charge is 2.38. The van der Waals surface area contributed by atoms with Gasteiger partial charge in [-0.3, -0.25) is 9.80 Å². The highest BCUT2D eigenvalue weighted by molar-refractivity contribution is 5.50. The van der Waals surface area contributed by atoms with Gasteiger partial charge in [-0.05, 0) is 19.4 Å². The number of fused-ring (bicyclic) bond motifs is 1. The number of hydrogen-bond donors (Lipinski definition) is 1. The molecule has 0 bridgehead atoms. The van der Waals surface area contributed by atoms with Crippen molar-refractivity contribution in [1.82, 2.24) is 9.80 Å². The van der Waals surface area contributed by atoms with E-state index in [-0.39, 0.29) is 6.10 Å². The van der Waals surface area contributed by atoms with Gasteiger partial charge in [-0.15, -0.1) is 0 Å². The Balaban J connectivity index is 1.79. The Labute approximate surface area is 143 Å². The maximum atomic E-state index is 9.92. The van der Waals surface area contributed by atoms with Crippen LogP contribution in [0.1, 0.15) is 18.9 Å². The monoisotopic (exact) mass is 336 g/mol. The largest absolute Gasteiger partial charge is 0.496 e. The lowest BCUT2D eigenvalue weighted by Crippen LogP contribution is -2.54. The molecular weight excluding hydrogens is 308 g/mol. The minimum absolute atomic E-state index is 0.183. The van der Waals surface area contributed by atoms with Crippen molar-refractivity contribution in [3.05, 3.63) is 17.7 Å². The predicted molar refractivity (Wildman–Crippen MR) is 92.0 cm³/mol. The van der Waals surface area contributed by atoms with E-state index < -0.39 is 0 Å². The van der Waals surface area contributed by atoms with E-state index in [4.69, 9.17) is 14.2 Å². The standard InChI is InChI=1S/C18H28N2O4/c1-12-8-20-11-15(21)6-14(20)10-19(12)9-13-5-17(23-3)18(24-4)7-16(13)22-2/h5,7,12,14-15,21H,6,8-11H2,1-4H3/t12-,14+,15-/m1/s1. The second-order valence-electron chi connectivity index (χ2n) is 6.79. The Kier molecular flexibility index (Phi) is 5.18. The summed E-state index contributed by atoms with van der Waals surface area (Å²) in [6.45, 7) is 5.81. The van der Waals surface area contributed by atoms with E-state index in [0.717, 1.165) is 49.7 Å². The van der Waals surface area contributed by atoms with Crippen LogP contribution in [0.15, 0.2) is 12.1 Å². The van der Waals surface area contributed by atoms with E-state index in [2.05, 4.69) is 16.7 Å². The first-order valence-corrected chi connectivity index (χ1v) is 8.50. The summed E-state index contributed by atoms with van der Waals surface area (Å²) in [6, 6.07) is 4.76. The van der Waals surface area contributed by atoms with E-state index in [1.165, 1.54) is 0 Å². The first-order chi connectivity index (χ1) is 11.5. The van der Waals surface area contributed by atoms with Gasteiger partial charge in [-0.1, -0.05) is 0 Å². The molecule has 0 spiro atoms. The van der Waals surface area contributed by atoms with E-state index in [1.54, 1.807) is 21.3 Å². The zero-order valence-electron chi connectivity index (χ0n) is 15.0. The molecule has 0 saturated carbocycles. The number of hydrogen-bond acceptors (Lipinski definition) is 6. The van der Waals surface area contributed by atoms with E-state index in [9.17, 15) is 5.11 Å². The van der Waals surface area contributed by atoms with E-state index in [0.29, 0.717) is 17.8 Å². The molecule has 1 aromatic carbocycles. The van der Waals surface area contributed by atoms with Crippen LogP contribution >= 0.6 is 0 Å². The predicted octanol–water partition coefficient (Wildman–Crippen LogP) is 1.35. The molecule has 6 nitrogen and oxygen atoms in total. The highest BCUT2D eigenvalue weighted by Crippen LogP contribution is 2.36. The molecule has 2 aliphatic heterocycles. The van der Waals surface area contributed by atoms with Crippen molar-refractivity contribution < 1.29 is 19.3 Å². The fourth-order valence-electron chi connectivity index (χ4n) is 3.93. The quantitative estimate of drug-likeness (QED) is 0.876. The average Bonchev–Trinajstić information content (AvgIpc) is 2.93. The lowest BCUT2D eigenvalue weighted by Gasteiger charge is -2.42. The van der Waals surface area contributed by atoms with Crippen molar-refractivity contribution >= 4 is 0 Å². The van der Waals surface area contributed by atoms with Gasteiger partial charge in [-0.2, -0.15) is 0 Å². The van der Waals surface area contributed by atoms with Gasteiger partial charge in [0.05, 0.1) is 27.4 Å². The van der Waals surface area contributed by atoms with Crippen molar-refractivity contribution in [1.29, 1.82) is 0 Å². The summed E-state index contributed by atoms with van der Waals surface area (Å²) < 4.78 is 16.4. The lowest BCUT2D eigenvalue weighted by molar-refractivity contribution is 0.0523. The van der Waals surface area contributed by atoms with Gasteiger partial charge in [0.15, 0.2) is 11.5 Å². The molecule has 1 aromatic rings. The van der Waals surface area contributed by atoms with Crippen LogP contribution in [-0.2, 0) is 6.54 Å². The van der Waals surface area contributed by atoms with Crippen LogP contribution in [0.4, 0.5) is 0 Å². The first-order valence-electron chi connectivity index (χ1n) is 8.50. The number of aliphatic hydroxyl groups is 1. The summed E-state index contributed by atoms with van der Waals surface area (Å²) in [5, 5.41) is 9.92. The number of aliphatic hydroxyl groups excluding tert-OH is 1. The van der Waals surface area contributed by atoms with Crippen LogP contribution in [0.25, 0.3) is 0 Å². The summed E-state index contributed by atoms with van der Waals surface area (Å²) in [5.41, 5.74) is 1.09. The molecule has 0 radical (unpaired) electrons. The number of rotatable bonds is 5. The third-order valence-electron chi connectivity index (χ3n) is 5.23. The summed E-state index contributed by atoms with van der Waals surface area (Å²) >= 11 is 0. The second kappa shape index (κ2) is 7.17. The van der Waals surface area contributed by atoms with Crippen LogP contribution in [0.3, 0.4) is 0 Å². The third kappa shape index (κ3) is 3.31. The third-order valence-corrected chi connectivity index (χ3v) is 5.23. The fourth-order valence-corrected chi connectivity index (χ4v) is 3.93. The zero-order valence-corrected chi connectivity index (χ0v) is 15.0. The molecule has 134 valence electrons. The Hall–Kier alpha value is -1.50. The molecule has 1 N–H and O–H groups in total. The fraction of sp³-hybridized carbons (Fsp3) is 0.667. The molecule has 2 fully saturated rings. The number of methoxy groups -OCH3 is 3. The van der Waals surface area contributed by atoms with Crippen molar-refractivity contribution in [2.24, 2.45) is 0 Å². The molecule has 24 heavy (non-hydrogen) atoms. The summed E-state index contributed by atoms with van der Waals surface area (Å²) in [7, 11) is 4.96. The number of nitrogens with zero attached hydrogens (tertiary/aromatic N) is 2. The average molecular weight is 336 g/mol. The molecule has 3 rings (SSSR count). The van der Waals surface area contributed by atoms with Crippen LogP contribution in [-0.4, -0.2) is 74.1 Å². The molecule has 0 amide bonds. The Morgan fingerprint density at radius 3 is 2.33 bits per heavy atom. The van der Waals surface area contributed by atoms with Crippen LogP contribution in [0.2, 0.25) is 0 Å². The molecule has 0 unspecified atom stereocenters. The zero-order chi connectivity index (χ0) is 17.3. The van der Waals surface area contributed by atoms with E-state index in [1.807, 2.05) is 12.1 Å².